The third-order valence-corrected chi connectivity index (χ3v) is 1.45. The Hall–Kier alpha value is -1.01. The Kier molecular flexibility index (Phi) is 7.66. The summed E-state index contributed by atoms with van der Waals surface area (Å²) >= 11 is 0. The number of hydrogen-bond acceptors (Lipinski definition) is 4. The van der Waals surface area contributed by atoms with Gasteiger partial charge in [-0.05, 0) is 13.8 Å². The van der Waals surface area contributed by atoms with Gasteiger partial charge in [0.15, 0.2) is 0 Å². The number of carbonyl (C=O) groups is 1. The number of ether oxygens (including phenoxy) is 3. The number of carbonyl (C=O) groups excluding carboxylic acids is 1. The quantitative estimate of drug-likeness (QED) is 0.280. The number of rotatable bonds is 8. The lowest BCUT2D eigenvalue weighted by Gasteiger charge is -2.13. The van der Waals surface area contributed by atoms with E-state index < -0.39 is 25.3 Å². The fourth-order valence-electron chi connectivity index (χ4n) is 0.731. The summed E-state index contributed by atoms with van der Waals surface area (Å²) in [5.74, 6) is -0.555. The molecule has 0 saturated carbocycles. The van der Waals surface area contributed by atoms with Crippen LogP contribution < -0.4 is 0 Å². The highest BCUT2D eigenvalue weighted by Crippen LogP contribution is 2.00. The summed E-state index contributed by atoms with van der Waals surface area (Å²) in [5, 5.41) is 0. The van der Waals surface area contributed by atoms with Crippen LogP contribution in [0.15, 0.2) is 12.2 Å². The first kappa shape index (κ1) is 15.0. The normalized spacial score (nSPS) is 12.6. The molecule has 0 aliphatic carbocycles. The van der Waals surface area contributed by atoms with Gasteiger partial charge in [-0.1, -0.05) is 6.58 Å². The zero-order valence-electron chi connectivity index (χ0n) is 9.37. The first-order valence-corrected chi connectivity index (χ1v) is 4.77. The molecule has 0 bridgehead atoms. The third kappa shape index (κ3) is 8.31. The van der Waals surface area contributed by atoms with Crippen molar-refractivity contribution >= 4 is 5.97 Å². The smallest absolute Gasteiger partial charge is 0.335 e. The van der Waals surface area contributed by atoms with Gasteiger partial charge in [0.25, 0.3) is 6.43 Å². The average Bonchev–Trinajstić information content (AvgIpc) is 2.16. The summed E-state index contributed by atoms with van der Waals surface area (Å²) < 4.78 is 37.6. The van der Waals surface area contributed by atoms with E-state index in [2.05, 4.69) is 11.3 Å². The van der Waals surface area contributed by atoms with Gasteiger partial charge in [-0.3, -0.25) is 0 Å². The van der Waals surface area contributed by atoms with Crippen molar-refractivity contribution < 1.29 is 27.8 Å². The minimum Gasteiger partial charge on any atom is -0.433 e. The second-order valence-corrected chi connectivity index (χ2v) is 3.09. The molecule has 0 N–H and O–H groups in total. The van der Waals surface area contributed by atoms with Crippen LogP contribution in [-0.4, -0.2) is 38.5 Å². The minimum atomic E-state index is -2.49. The van der Waals surface area contributed by atoms with E-state index in [-0.39, 0.29) is 18.8 Å². The van der Waals surface area contributed by atoms with Gasteiger partial charge in [0, 0.05) is 5.57 Å². The lowest BCUT2D eigenvalue weighted by atomic mass is 10.4. The van der Waals surface area contributed by atoms with Gasteiger partial charge >= 0.3 is 5.97 Å². The monoisotopic (exact) mass is 238 g/mol. The molecule has 4 nitrogen and oxygen atoms in total. The molecule has 16 heavy (non-hydrogen) atoms. The topological polar surface area (TPSA) is 44.8 Å². The van der Waals surface area contributed by atoms with E-state index in [1.807, 2.05) is 0 Å². The summed E-state index contributed by atoms with van der Waals surface area (Å²) in [7, 11) is 0. The largest absolute Gasteiger partial charge is 0.433 e. The first-order valence-electron chi connectivity index (χ1n) is 4.77. The third-order valence-electron chi connectivity index (χ3n) is 1.45. The molecule has 0 aromatic heterocycles. The van der Waals surface area contributed by atoms with Crippen LogP contribution >= 0.6 is 0 Å². The molecule has 0 fully saturated rings. The van der Waals surface area contributed by atoms with Gasteiger partial charge in [-0.15, -0.1) is 0 Å². The molecule has 0 amide bonds. The summed E-state index contributed by atoms with van der Waals surface area (Å²) in [6, 6.07) is 0. The summed E-state index contributed by atoms with van der Waals surface area (Å²) in [6.07, 6.45) is -3.24. The molecule has 0 spiro atoms. The van der Waals surface area contributed by atoms with E-state index in [0.717, 1.165) is 0 Å². The van der Waals surface area contributed by atoms with E-state index in [4.69, 9.17) is 9.47 Å². The molecular weight excluding hydrogens is 222 g/mol. The zero-order chi connectivity index (χ0) is 12.6. The predicted molar refractivity (Wildman–Crippen MR) is 53.1 cm³/mol. The van der Waals surface area contributed by atoms with Crippen LogP contribution in [0, 0.1) is 0 Å². The van der Waals surface area contributed by atoms with Crippen molar-refractivity contribution in [2.24, 2.45) is 0 Å². The average molecular weight is 238 g/mol. The standard InChI is InChI=1S/C10H16F2O4/c1-7(2)10(13)16-8(3)15-5-4-14-6-9(11)12/h8-9H,1,4-6H2,2-3H3. The van der Waals surface area contributed by atoms with Crippen LogP contribution in [0.1, 0.15) is 13.8 Å². The maximum absolute atomic E-state index is 11.6. The minimum absolute atomic E-state index is 0.0271. The molecule has 1 atom stereocenters. The molecule has 6 heteroatoms. The number of alkyl halides is 2. The molecular formula is C10H16F2O4. The van der Waals surface area contributed by atoms with Crippen LogP contribution in [0.25, 0.3) is 0 Å². The fourth-order valence-corrected chi connectivity index (χ4v) is 0.731. The zero-order valence-corrected chi connectivity index (χ0v) is 9.37. The second kappa shape index (κ2) is 8.18. The lowest BCUT2D eigenvalue weighted by molar-refractivity contribution is -0.172. The van der Waals surface area contributed by atoms with Gasteiger partial charge in [0.1, 0.15) is 6.61 Å². The Labute approximate surface area is 93.2 Å². The van der Waals surface area contributed by atoms with Crippen molar-refractivity contribution in [3.05, 3.63) is 12.2 Å². The summed E-state index contributed by atoms with van der Waals surface area (Å²) in [4.78, 5) is 11.0. The van der Waals surface area contributed by atoms with E-state index in [1.54, 1.807) is 0 Å². The van der Waals surface area contributed by atoms with E-state index in [9.17, 15) is 13.6 Å². The maximum Gasteiger partial charge on any atom is 0.335 e. The molecule has 0 saturated heterocycles. The fraction of sp³-hybridized carbons (Fsp3) is 0.700. The van der Waals surface area contributed by atoms with Crippen molar-refractivity contribution in [1.82, 2.24) is 0 Å². The molecule has 0 radical (unpaired) electrons. The Morgan fingerprint density at radius 2 is 2.00 bits per heavy atom. The van der Waals surface area contributed by atoms with Gasteiger partial charge in [-0.2, -0.15) is 0 Å². The molecule has 1 unspecified atom stereocenters. The molecule has 0 aliphatic heterocycles. The summed E-state index contributed by atoms with van der Waals surface area (Å²) in [6.45, 7) is 5.92. The van der Waals surface area contributed by atoms with Crippen LogP contribution in [0.4, 0.5) is 8.78 Å². The van der Waals surface area contributed by atoms with Crippen LogP contribution in [-0.2, 0) is 19.0 Å². The number of halogens is 2. The van der Waals surface area contributed by atoms with E-state index >= 15 is 0 Å². The van der Waals surface area contributed by atoms with Crippen molar-refractivity contribution in [2.45, 2.75) is 26.6 Å². The predicted octanol–water partition coefficient (Wildman–Crippen LogP) is 1.75. The molecule has 0 rings (SSSR count). The maximum atomic E-state index is 11.6. The second-order valence-electron chi connectivity index (χ2n) is 3.09. The molecule has 0 aromatic carbocycles. The van der Waals surface area contributed by atoms with E-state index in [0.29, 0.717) is 0 Å². The number of esters is 1. The molecule has 0 aromatic rings. The van der Waals surface area contributed by atoms with Crippen molar-refractivity contribution in [3.63, 3.8) is 0 Å². The molecule has 94 valence electrons. The Bertz CT molecular complexity index is 231. The Balaban J connectivity index is 3.47. The SMILES string of the molecule is C=C(C)C(=O)OC(C)OCCOCC(F)F. The Morgan fingerprint density at radius 1 is 1.38 bits per heavy atom. The molecule has 0 aliphatic rings. The number of hydrogen-bond donors (Lipinski definition) is 0. The lowest BCUT2D eigenvalue weighted by Crippen LogP contribution is -2.21. The van der Waals surface area contributed by atoms with Gasteiger partial charge in [0.05, 0.1) is 13.2 Å². The van der Waals surface area contributed by atoms with Crippen LogP contribution in [0.3, 0.4) is 0 Å². The van der Waals surface area contributed by atoms with Crippen molar-refractivity contribution in [1.29, 1.82) is 0 Å². The Morgan fingerprint density at radius 3 is 2.50 bits per heavy atom. The highest BCUT2D eigenvalue weighted by atomic mass is 19.3. The van der Waals surface area contributed by atoms with Gasteiger partial charge in [0.2, 0.25) is 6.29 Å². The van der Waals surface area contributed by atoms with Crippen molar-refractivity contribution in [3.8, 4) is 0 Å². The highest BCUT2D eigenvalue weighted by Gasteiger charge is 2.09. The van der Waals surface area contributed by atoms with Gasteiger partial charge < -0.3 is 14.2 Å². The van der Waals surface area contributed by atoms with E-state index in [1.165, 1.54) is 13.8 Å². The highest BCUT2D eigenvalue weighted by molar-refractivity contribution is 5.86. The molecule has 0 heterocycles. The van der Waals surface area contributed by atoms with Crippen LogP contribution in [0.5, 0.6) is 0 Å². The van der Waals surface area contributed by atoms with Gasteiger partial charge in [-0.25, -0.2) is 13.6 Å². The van der Waals surface area contributed by atoms with Crippen LogP contribution in [0.2, 0.25) is 0 Å². The summed E-state index contributed by atoms with van der Waals surface area (Å²) in [5.41, 5.74) is 0.268. The first-order chi connectivity index (χ1) is 7.43. The van der Waals surface area contributed by atoms with Crippen molar-refractivity contribution in [2.75, 3.05) is 19.8 Å².